The molecule has 2 aromatic rings. The number of piperidine rings is 1. The summed E-state index contributed by atoms with van der Waals surface area (Å²) in [6.45, 7) is 2.03. The molecular formula is C14H15N3O2. The van der Waals surface area contributed by atoms with Crippen LogP contribution in [-0.2, 0) is 16.6 Å². The van der Waals surface area contributed by atoms with Gasteiger partial charge in [-0.25, -0.2) is 0 Å². The Hall–Kier alpha value is -2.17. The van der Waals surface area contributed by atoms with Gasteiger partial charge in [0, 0.05) is 18.9 Å². The number of carbonyl (C=O) groups excluding carboxylic acids is 2. The van der Waals surface area contributed by atoms with Crippen LogP contribution in [-0.4, -0.2) is 21.6 Å². The van der Waals surface area contributed by atoms with Crippen LogP contribution in [0.3, 0.4) is 0 Å². The number of nitrogens with one attached hydrogen (secondary N) is 1. The summed E-state index contributed by atoms with van der Waals surface area (Å²) in [4.78, 5) is 23.2. The predicted octanol–water partition coefficient (Wildman–Crippen LogP) is 1.40. The van der Waals surface area contributed by atoms with E-state index in [-0.39, 0.29) is 17.7 Å². The summed E-state index contributed by atoms with van der Waals surface area (Å²) in [5.74, 6) is -0.765. The maximum atomic E-state index is 11.9. The zero-order valence-corrected chi connectivity index (χ0v) is 10.9. The van der Waals surface area contributed by atoms with Gasteiger partial charge in [-0.1, -0.05) is 12.1 Å². The minimum atomic E-state index is -0.330. The molecular weight excluding hydrogens is 242 g/mol. The Labute approximate surface area is 110 Å². The van der Waals surface area contributed by atoms with Crippen molar-refractivity contribution in [3.8, 4) is 0 Å². The Morgan fingerprint density at radius 1 is 1.37 bits per heavy atom. The quantitative estimate of drug-likeness (QED) is 0.785. The largest absolute Gasteiger partial charge is 0.296 e. The second kappa shape index (κ2) is 4.19. The first-order valence-electron chi connectivity index (χ1n) is 6.33. The van der Waals surface area contributed by atoms with E-state index in [1.165, 1.54) is 0 Å². The van der Waals surface area contributed by atoms with Gasteiger partial charge in [-0.3, -0.25) is 19.6 Å². The lowest BCUT2D eigenvalue weighted by molar-refractivity contribution is -0.134. The molecule has 2 heterocycles. The number of amides is 2. The van der Waals surface area contributed by atoms with Crippen LogP contribution in [0.4, 0.5) is 0 Å². The Morgan fingerprint density at radius 3 is 2.89 bits per heavy atom. The molecule has 3 rings (SSSR count). The highest BCUT2D eigenvalue weighted by Gasteiger charge is 2.31. The van der Waals surface area contributed by atoms with Crippen LogP contribution in [0.2, 0.25) is 0 Å². The summed E-state index contributed by atoms with van der Waals surface area (Å²) in [6.07, 6.45) is 0.908. The normalized spacial score (nSPS) is 19.8. The maximum absolute atomic E-state index is 11.9. The molecule has 0 aliphatic carbocycles. The van der Waals surface area contributed by atoms with E-state index in [1.807, 2.05) is 26.1 Å². The van der Waals surface area contributed by atoms with Crippen LogP contribution in [0.15, 0.2) is 18.2 Å². The van der Waals surface area contributed by atoms with E-state index >= 15 is 0 Å². The molecule has 1 N–H and O–H groups in total. The van der Waals surface area contributed by atoms with E-state index in [0.29, 0.717) is 12.8 Å². The van der Waals surface area contributed by atoms with Crippen molar-refractivity contribution in [2.24, 2.45) is 7.05 Å². The summed E-state index contributed by atoms with van der Waals surface area (Å²) in [6, 6.07) is 6.06. The van der Waals surface area contributed by atoms with Crippen molar-refractivity contribution < 1.29 is 9.59 Å². The third-order valence-electron chi connectivity index (χ3n) is 3.60. The molecule has 19 heavy (non-hydrogen) atoms. The third kappa shape index (κ3) is 1.91. The second-order valence-electron chi connectivity index (χ2n) is 5.03. The summed E-state index contributed by atoms with van der Waals surface area (Å²) < 4.78 is 1.79. The van der Waals surface area contributed by atoms with Gasteiger partial charge in [0.05, 0.1) is 17.1 Å². The summed E-state index contributed by atoms with van der Waals surface area (Å²) in [5, 5.41) is 7.85. The molecule has 1 atom stereocenters. The fourth-order valence-corrected chi connectivity index (χ4v) is 2.61. The molecule has 1 saturated heterocycles. The van der Waals surface area contributed by atoms with E-state index in [9.17, 15) is 9.59 Å². The molecule has 1 aromatic heterocycles. The van der Waals surface area contributed by atoms with Gasteiger partial charge in [-0.05, 0) is 25.0 Å². The van der Waals surface area contributed by atoms with Crippen molar-refractivity contribution in [1.82, 2.24) is 15.1 Å². The number of rotatable bonds is 1. The number of benzene rings is 1. The smallest absolute Gasteiger partial charge is 0.235 e. The summed E-state index contributed by atoms with van der Waals surface area (Å²) in [5.41, 5.74) is 2.94. The first-order chi connectivity index (χ1) is 9.06. The highest BCUT2D eigenvalue weighted by atomic mass is 16.2. The van der Waals surface area contributed by atoms with Gasteiger partial charge in [-0.2, -0.15) is 5.10 Å². The van der Waals surface area contributed by atoms with Crippen molar-refractivity contribution in [2.75, 3.05) is 0 Å². The van der Waals surface area contributed by atoms with Crippen molar-refractivity contribution >= 4 is 22.7 Å². The van der Waals surface area contributed by atoms with E-state index in [1.54, 1.807) is 4.68 Å². The zero-order valence-electron chi connectivity index (χ0n) is 10.9. The number of aryl methyl sites for hydroxylation is 2. The van der Waals surface area contributed by atoms with Crippen LogP contribution < -0.4 is 5.32 Å². The van der Waals surface area contributed by atoms with E-state index < -0.39 is 0 Å². The van der Waals surface area contributed by atoms with Gasteiger partial charge in [0.25, 0.3) is 0 Å². The van der Waals surface area contributed by atoms with Crippen LogP contribution >= 0.6 is 0 Å². The van der Waals surface area contributed by atoms with Gasteiger partial charge in [-0.15, -0.1) is 0 Å². The SMILES string of the molecule is Cc1ccc2c(C3CCC(=O)NC3=O)nn(C)c2c1. The average Bonchev–Trinajstić information content (AvgIpc) is 2.66. The molecule has 1 unspecified atom stereocenters. The Kier molecular flexibility index (Phi) is 2.62. The lowest BCUT2D eigenvalue weighted by Crippen LogP contribution is -2.39. The molecule has 0 spiro atoms. The zero-order chi connectivity index (χ0) is 13.6. The fourth-order valence-electron chi connectivity index (χ4n) is 2.61. The molecule has 2 amide bonds. The van der Waals surface area contributed by atoms with Gasteiger partial charge >= 0.3 is 0 Å². The number of fused-ring (bicyclic) bond motifs is 1. The number of aromatic nitrogens is 2. The Balaban J connectivity index is 2.10. The molecule has 0 saturated carbocycles. The molecule has 1 aromatic carbocycles. The van der Waals surface area contributed by atoms with E-state index in [2.05, 4.69) is 16.5 Å². The molecule has 0 radical (unpaired) electrons. The number of hydrogen-bond acceptors (Lipinski definition) is 3. The molecule has 5 heteroatoms. The van der Waals surface area contributed by atoms with Crippen molar-refractivity contribution in [1.29, 1.82) is 0 Å². The van der Waals surface area contributed by atoms with Gasteiger partial charge in [0.2, 0.25) is 11.8 Å². The maximum Gasteiger partial charge on any atom is 0.235 e. The standard InChI is InChI=1S/C14H15N3O2/c1-8-3-4-9-11(7-8)17(2)16-13(9)10-5-6-12(18)15-14(10)19/h3-4,7,10H,5-6H2,1-2H3,(H,15,18,19). The Morgan fingerprint density at radius 2 is 2.16 bits per heavy atom. The molecule has 0 bridgehead atoms. The van der Waals surface area contributed by atoms with Gasteiger partial charge in [0.15, 0.2) is 0 Å². The average molecular weight is 257 g/mol. The minimum Gasteiger partial charge on any atom is -0.296 e. The second-order valence-corrected chi connectivity index (χ2v) is 5.03. The van der Waals surface area contributed by atoms with Crippen LogP contribution in [0, 0.1) is 6.92 Å². The highest BCUT2D eigenvalue weighted by molar-refractivity contribution is 6.02. The summed E-state index contributed by atoms with van der Waals surface area (Å²) >= 11 is 0. The first kappa shape index (κ1) is 11.9. The number of carbonyl (C=O) groups is 2. The van der Waals surface area contributed by atoms with Crippen molar-refractivity contribution in [2.45, 2.75) is 25.7 Å². The number of imide groups is 1. The Bertz CT molecular complexity index is 687. The summed E-state index contributed by atoms with van der Waals surface area (Å²) in [7, 11) is 1.87. The lowest BCUT2D eigenvalue weighted by Gasteiger charge is -2.19. The van der Waals surface area contributed by atoms with Gasteiger partial charge < -0.3 is 0 Å². The first-order valence-corrected chi connectivity index (χ1v) is 6.33. The third-order valence-corrected chi connectivity index (χ3v) is 3.60. The lowest BCUT2D eigenvalue weighted by atomic mass is 9.92. The number of hydrogen-bond donors (Lipinski definition) is 1. The molecule has 1 aliphatic heterocycles. The van der Waals surface area contributed by atoms with Crippen LogP contribution in [0.1, 0.15) is 30.0 Å². The van der Waals surface area contributed by atoms with E-state index in [4.69, 9.17) is 0 Å². The molecule has 98 valence electrons. The van der Waals surface area contributed by atoms with Crippen LogP contribution in [0.25, 0.3) is 10.9 Å². The molecule has 1 fully saturated rings. The monoisotopic (exact) mass is 257 g/mol. The van der Waals surface area contributed by atoms with Crippen molar-refractivity contribution in [3.05, 3.63) is 29.5 Å². The number of nitrogens with zero attached hydrogens (tertiary/aromatic N) is 2. The predicted molar refractivity (Wildman–Crippen MR) is 70.6 cm³/mol. The molecule has 5 nitrogen and oxygen atoms in total. The van der Waals surface area contributed by atoms with E-state index in [0.717, 1.165) is 22.2 Å². The molecule has 1 aliphatic rings. The van der Waals surface area contributed by atoms with Crippen LogP contribution in [0.5, 0.6) is 0 Å². The van der Waals surface area contributed by atoms with Gasteiger partial charge in [0.1, 0.15) is 0 Å². The fraction of sp³-hybridized carbons (Fsp3) is 0.357. The topological polar surface area (TPSA) is 64.0 Å². The van der Waals surface area contributed by atoms with Crippen molar-refractivity contribution in [3.63, 3.8) is 0 Å². The minimum absolute atomic E-state index is 0.197. The highest BCUT2D eigenvalue weighted by Crippen LogP contribution is 2.30.